The van der Waals surface area contributed by atoms with E-state index in [0.29, 0.717) is 6.61 Å². The summed E-state index contributed by atoms with van der Waals surface area (Å²) in [5.41, 5.74) is 0.165. The van der Waals surface area contributed by atoms with Gasteiger partial charge in [0.2, 0.25) is 0 Å². The van der Waals surface area contributed by atoms with Gasteiger partial charge in [0, 0.05) is 11.5 Å². The van der Waals surface area contributed by atoms with E-state index in [0.717, 1.165) is 18.6 Å². The molecule has 1 aliphatic carbocycles. The average molecular weight is 264 g/mol. The van der Waals surface area contributed by atoms with Gasteiger partial charge in [-0.3, -0.25) is 10.1 Å². The number of nitro benzene ring substituents is 1. The highest BCUT2D eigenvalue weighted by molar-refractivity contribution is 7.80. The van der Waals surface area contributed by atoms with Gasteiger partial charge < -0.3 is 4.74 Å². The molecule has 0 aromatic heterocycles. The minimum absolute atomic E-state index is 0.0743. The van der Waals surface area contributed by atoms with Crippen molar-refractivity contribution in [2.24, 2.45) is 5.41 Å². The lowest BCUT2D eigenvalue weighted by Gasteiger charge is -2.13. The predicted molar refractivity (Wildman–Crippen MR) is 68.8 cm³/mol. The van der Waals surface area contributed by atoms with Crippen molar-refractivity contribution in [3.8, 4) is 11.8 Å². The fraction of sp³-hybridized carbons (Fsp3) is 0.417. The van der Waals surface area contributed by atoms with Crippen LogP contribution in [-0.2, 0) is 0 Å². The largest absolute Gasteiger partial charge is 0.486 e. The minimum atomic E-state index is -0.531. The first-order valence-electron chi connectivity index (χ1n) is 5.52. The van der Waals surface area contributed by atoms with Crippen LogP contribution in [0.25, 0.3) is 0 Å². The third-order valence-electron chi connectivity index (χ3n) is 3.11. The van der Waals surface area contributed by atoms with Gasteiger partial charge in [-0.15, -0.1) is 0 Å². The number of nitrogens with zero attached hydrogens (tertiary/aromatic N) is 2. The van der Waals surface area contributed by atoms with Crippen LogP contribution >= 0.6 is 12.6 Å². The number of nitro groups is 1. The zero-order valence-corrected chi connectivity index (χ0v) is 10.5. The van der Waals surface area contributed by atoms with Gasteiger partial charge in [-0.1, -0.05) is 0 Å². The molecule has 0 bridgehead atoms. The number of thiol groups is 1. The molecule has 2 rings (SSSR count). The monoisotopic (exact) mass is 264 g/mol. The van der Waals surface area contributed by atoms with Crippen LogP contribution < -0.4 is 4.74 Å². The molecule has 0 amide bonds. The average Bonchev–Trinajstić information content (AvgIpc) is 3.16. The van der Waals surface area contributed by atoms with E-state index in [9.17, 15) is 10.1 Å². The summed E-state index contributed by atoms with van der Waals surface area (Å²) in [5.74, 6) is 0.934. The molecule has 0 radical (unpaired) electrons. The summed E-state index contributed by atoms with van der Waals surface area (Å²) in [7, 11) is 0. The second kappa shape index (κ2) is 4.86. The molecule has 1 saturated carbocycles. The predicted octanol–water partition coefficient (Wildman–Crippen LogP) is 2.56. The van der Waals surface area contributed by atoms with Crippen molar-refractivity contribution in [2.75, 3.05) is 12.4 Å². The number of hydrogen-bond donors (Lipinski definition) is 1. The maximum absolute atomic E-state index is 10.9. The van der Waals surface area contributed by atoms with Gasteiger partial charge in [0.15, 0.2) is 5.75 Å². The van der Waals surface area contributed by atoms with Crippen LogP contribution in [0.15, 0.2) is 18.2 Å². The highest BCUT2D eigenvalue weighted by atomic mass is 32.1. The van der Waals surface area contributed by atoms with E-state index in [-0.39, 0.29) is 22.4 Å². The molecule has 0 saturated heterocycles. The molecule has 18 heavy (non-hydrogen) atoms. The Kier molecular flexibility index (Phi) is 3.43. The van der Waals surface area contributed by atoms with Crippen LogP contribution in [0.1, 0.15) is 18.4 Å². The SMILES string of the molecule is N#Cc1ccc(OCC2(CS)CC2)c([N+](=O)[O-])c1. The van der Waals surface area contributed by atoms with Crippen molar-refractivity contribution in [3.63, 3.8) is 0 Å². The minimum Gasteiger partial charge on any atom is -0.486 e. The molecular formula is C12H12N2O3S. The van der Waals surface area contributed by atoms with Crippen molar-refractivity contribution in [2.45, 2.75) is 12.8 Å². The lowest BCUT2D eigenvalue weighted by molar-refractivity contribution is -0.385. The van der Waals surface area contributed by atoms with Crippen molar-refractivity contribution in [1.82, 2.24) is 0 Å². The molecule has 1 aromatic rings. The summed E-state index contributed by atoms with van der Waals surface area (Å²) >= 11 is 4.25. The number of hydrogen-bond acceptors (Lipinski definition) is 5. The highest BCUT2D eigenvalue weighted by Crippen LogP contribution is 2.47. The topological polar surface area (TPSA) is 76.2 Å². The van der Waals surface area contributed by atoms with Crippen LogP contribution in [0.4, 0.5) is 5.69 Å². The van der Waals surface area contributed by atoms with E-state index >= 15 is 0 Å². The van der Waals surface area contributed by atoms with Gasteiger partial charge in [-0.05, 0) is 30.7 Å². The van der Waals surface area contributed by atoms with E-state index in [4.69, 9.17) is 10.00 Å². The Hall–Kier alpha value is -1.74. The van der Waals surface area contributed by atoms with Crippen LogP contribution in [0.3, 0.4) is 0 Å². The normalized spacial score (nSPS) is 15.8. The van der Waals surface area contributed by atoms with Gasteiger partial charge >= 0.3 is 5.69 Å². The molecule has 0 atom stereocenters. The van der Waals surface area contributed by atoms with E-state index in [1.165, 1.54) is 18.2 Å². The molecule has 1 fully saturated rings. The lowest BCUT2D eigenvalue weighted by atomic mass is 10.1. The maximum atomic E-state index is 10.9. The summed E-state index contributed by atoms with van der Waals surface area (Å²) in [6, 6.07) is 6.10. The zero-order valence-electron chi connectivity index (χ0n) is 9.63. The molecule has 0 unspecified atom stereocenters. The van der Waals surface area contributed by atoms with E-state index < -0.39 is 4.92 Å². The molecule has 94 valence electrons. The van der Waals surface area contributed by atoms with E-state index in [1.807, 2.05) is 6.07 Å². The van der Waals surface area contributed by atoms with Gasteiger partial charge in [-0.25, -0.2) is 0 Å². The number of ether oxygens (including phenoxy) is 1. The molecular weight excluding hydrogens is 252 g/mol. The summed E-state index contributed by atoms with van der Waals surface area (Å²) in [6.07, 6.45) is 2.08. The van der Waals surface area contributed by atoms with Gasteiger partial charge in [0.05, 0.1) is 23.2 Å². The first kappa shape index (κ1) is 12.7. The number of rotatable bonds is 5. The smallest absolute Gasteiger partial charge is 0.312 e. The quantitative estimate of drug-likeness (QED) is 0.503. The van der Waals surface area contributed by atoms with Crippen molar-refractivity contribution >= 4 is 18.3 Å². The third kappa shape index (κ3) is 2.57. The Morgan fingerprint density at radius 3 is 2.78 bits per heavy atom. The lowest BCUT2D eigenvalue weighted by Crippen LogP contribution is -2.15. The summed E-state index contributed by atoms with van der Waals surface area (Å²) in [4.78, 5) is 10.4. The Morgan fingerprint density at radius 1 is 1.56 bits per heavy atom. The molecule has 1 aliphatic rings. The Labute approximate surface area is 110 Å². The second-order valence-electron chi connectivity index (χ2n) is 4.50. The van der Waals surface area contributed by atoms with Gasteiger partial charge in [-0.2, -0.15) is 17.9 Å². The van der Waals surface area contributed by atoms with Crippen molar-refractivity contribution in [1.29, 1.82) is 5.26 Å². The Balaban J connectivity index is 2.17. The molecule has 5 nitrogen and oxygen atoms in total. The molecule has 0 aliphatic heterocycles. The molecule has 6 heteroatoms. The standard InChI is InChI=1S/C12H12N2O3S/c13-6-9-1-2-11(10(5-9)14(15)16)17-7-12(8-18)3-4-12/h1-2,5,18H,3-4,7-8H2. The Bertz CT molecular complexity index is 521. The van der Waals surface area contributed by atoms with Gasteiger partial charge in [0.1, 0.15) is 0 Å². The van der Waals surface area contributed by atoms with Gasteiger partial charge in [0.25, 0.3) is 0 Å². The van der Waals surface area contributed by atoms with Crippen molar-refractivity contribution in [3.05, 3.63) is 33.9 Å². The number of benzene rings is 1. The second-order valence-corrected chi connectivity index (χ2v) is 4.81. The summed E-state index contributed by atoms with van der Waals surface area (Å²) in [5, 5.41) is 19.6. The van der Waals surface area contributed by atoms with Crippen LogP contribution in [0, 0.1) is 26.9 Å². The molecule has 0 spiro atoms. The molecule has 0 heterocycles. The zero-order chi connectivity index (χ0) is 13.2. The summed E-state index contributed by atoms with van der Waals surface area (Å²) < 4.78 is 5.52. The van der Waals surface area contributed by atoms with Crippen LogP contribution in [0.5, 0.6) is 5.75 Å². The molecule has 1 aromatic carbocycles. The summed E-state index contributed by atoms with van der Waals surface area (Å²) in [6.45, 7) is 0.434. The highest BCUT2D eigenvalue weighted by Gasteiger charge is 2.42. The fourth-order valence-electron chi connectivity index (χ4n) is 1.61. The first-order chi connectivity index (χ1) is 8.60. The number of nitriles is 1. The van der Waals surface area contributed by atoms with Crippen LogP contribution in [0.2, 0.25) is 0 Å². The van der Waals surface area contributed by atoms with E-state index in [2.05, 4.69) is 12.6 Å². The van der Waals surface area contributed by atoms with Crippen LogP contribution in [-0.4, -0.2) is 17.3 Å². The third-order valence-corrected chi connectivity index (χ3v) is 3.78. The van der Waals surface area contributed by atoms with E-state index in [1.54, 1.807) is 0 Å². The molecule has 0 N–H and O–H groups in total. The first-order valence-corrected chi connectivity index (χ1v) is 6.16. The fourth-order valence-corrected chi connectivity index (χ4v) is 2.01. The Morgan fingerprint density at radius 2 is 2.28 bits per heavy atom. The maximum Gasteiger partial charge on any atom is 0.312 e. The van der Waals surface area contributed by atoms with Crippen molar-refractivity contribution < 1.29 is 9.66 Å².